The number of nitrogens with one attached hydrogen (secondary N) is 6. The van der Waals surface area contributed by atoms with E-state index in [4.69, 9.17) is 0 Å². The van der Waals surface area contributed by atoms with E-state index in [0.29, 0.717) is 36.4 Å². The van der Waals surface area contributed by atoms with Gasteiger partial charge in [0.2, 0.25) is 0 Å². The van der Waals surface area contributed by atoms with Crippen LogP contribution in [-0.2, 0) is 78.7 Å². The third kappa shape index (κ3) is 29.0. The van der Waals surface area contributed by atoms with Crippen LogP contribution in [0.2, 0.25) is 0 Å². The Morgan fingerprint density at radius 3 is 0.924 bits per heavy atom. The van der Waals surface area contributed by atoms with Crippen LogP contribution < -0.4 is 284 Å². The van der Waals surface area contributed by atoms with Crippen molar-refractivity contribution in [1.29, 1.82) is 0 Å². The van der Waals surface area contributed by atoms with Crippen LogP contribution in [0.4, 0.5) is 38.9 Å². The fourth-order valence-corrected chi connectivity index (χ4v) is 11.1. The second-order valence-electron chi connectivity index (χ2n) is 15.6. The van der Waals surface area contributed by atoms with Crippen LogP contribution in [-0.4, -0.2) is 94.5 Å². The Labute approximate surface area is 710 Å². The van der Waals surface area contributed by atoms with Gasteiger partial charge in [-0.05, 0) is 109 Å². The molecule has 51 heteroatoms. The summed E-state index contributed by atoms with van der Waals surface area (Å²) in [5.41, 5.74) is -6.32. The fourth-order valence-electron chi connectivity index (χ4n) is 6.64. The van der Waals surface area contributed by atoms with Crippen molar-refractivity contribution in [2.45, 2.75) is 39.2 Å². The minimum Gasteiger partial charge on any atom is -0.744 e. The van der Waals surface area contributed by atoms with Crippen molar-refractivity contribution in [1.82, 2.24) is 0 Å². The standard InChI is InChI=1S/C41H32N6O29S8.8Na/c48-37(44-29-6-2-26(80(56,57)58)16-33(29)78-75-72-54)19-9-21(39(50)46-31-5-1-25(77-74-71-53)15-35(31)83(65,66)67)13-23(11-19)42-41(52)43-24-12-20(38(49)45-30-7-3-27(81(59,60)61)17-34(30)79-76-73-55)10-22(14-24)40(51)47-32-8-4-28(82(62,63)64)18-36(32)84(68,69)70;;;;;;;;/h1-18,53-55H,(H,44,48)(H,45,49)(H,46,50)(H,47,51)(H2,42,43,52)(H,56,57,58)(H,59,60,61)(H,62,63,64)(H,65,66,67)(H,68,69,70);;;;;;;;/q;8*+1/p-8. The first-order valence-electron chi connectivity index (χ1n) is 21.1. The molecule has 0 aliphatic heterocycles. The Hall–Kier alpha value is 0.710. The zero-order chi connectivity index (χ0) is 62.1. The Kier molecular flexibility index (Phi) is 45.1. The molecule has 0 aliphatic carbocycles. The van der Waals surface area contributed by atoms with Gasteiger partial charge < -0.3 is 70.4 Å². The molecule has 0 aromatic heterocycles. The molecular weight excluding hydrogens is 1480 g/mol. The summed E-state index contributed by atoms with van der Waals surface area (Å²) in [5, 5.41) is 54.3. The molecule has 0 aliphatic rings. The molecule has 0 radical (unpaired) electrons. The number of urea groups is 1. The molecule has 6 amide bonds. The van der Waals surface area contributed by atoms with Crippen LogP contribution in [0.25, 0.3) is 0 Å². The zero-order valence-corrected chi connectivity index (χ0v) is 70.5. The molecule has 0 unspecified atom stereocenters. The number of benzene rings is 6. The smallest absolute Gasteiger partial charge is 0.744 e. The van der Waals surface area contributed by atoms with Gasteiger partial charge in [-0.2, -0.15) is 13.0 Å². The summed E-state index contributed by atoms with van der Waals surface area (Å²) in [6.07, 6.45) is 0. The molecule has 6 aromatic carbocycles. The van der Waals surface area contributed by atoms with Crippen LogP contribution in [0.15, 0.2) is 148 Å². The molecule has 0 bridgehead atoms. The molecule has 92 heavy (non-hydrogen) atoms. The SMILES string of the molecule is O=C(Nc1cc(C(=O)Nc2ccc(S(=O)(=O)[O-])cc2SOO[O-])cc(C(=O)Nc2ccc(SOO[O-])cc2S(=O)(=O)[O-])c1)Nc1cc(C(=O)Nc2ccc(S(=O)(=O)[O-])cc2SOO[O-])cc(C(=O)Nc2ccc(S(=O)(=O)[O-])cc2S(=O)(=O)[O-])c1.[Na+].[Na+].[Na+].[Na+].[Na+].[Na+].[Na+].[Na+]. The van der Waals surface area contributed by atoms with Gasteiger partial charge in [0.15, 0.2) is 0 Å². The Balaban J connectivity index is -0.00000990. The van der Waals surface area contributed by atoms with Gasteiger partial charge in [0, 0.05) is 38.5 Å². The van der Waals surface area contributed by atoms with Gasteiger partial charge in [-0.1, -0.05) is 0 Å². The van der Waals surface area contributed by atoms with E-state index in [1.165, 1.54) is 0 Å². The van der Waals surface area contributed by atoms with Crippen molar-refractivity contribution in [3.8, 4) is 0 Å². The number of carbonyl (C=O) groups is 5. The second kappa shape index (κ2) is 42.8. The second-order valence-corrected chi connectivity index (χ2v) is 24.6. The zero-order valence-electron chi connectivity index (χ0n) is 48.0. The molecule has 0 atom stereocenters. The van der Waals surface area contributed by atoms with Crippen LogP contribution >= 0.6 is 36.1 Å². The number of hydrogen-bond acceptors (Lipinski definition) is 32. The van der Waals surface area contributed by atoms with E-state index >= 15 is 0 Å². The minimum atomic E-state index is -5.70. The van der Waals surface area contributed by atoms with E-state index in [0.717, 1.165) is 66.7 Å². The summed E-state index contributed by atoms with van der Waals surface area (Å²) in [6.45, 7) is 0. The summed E-state index contributed by atoms with van der Waals surface area (Å²) < 4.78 is 191. The van der Waals surface area contributed by atoms with E-state index < -0.39 is 171 Å². The van der Waals surface area contributed by atoms with Crippen molar-refractivity contribution in [2.24, 2.45) is 0 Å². The normalized spacial score (nSPS) is 11.0. The molecule has 6 rings (SSSR count). The molecule has 0 heterocycles. The first-order valence-corrected chi connectivity index (χ1v) is 30.3. The minimum absolute atomic E-state index is 0. The Morgan fingerprint density at radius 2 is 0.609 bits per heavy atom. The fraction of sp³-hybridized carbons (Fsp3) is 0. The van der Waals surface area contributed by atoms with Crippen molar-refractivity contribution >= 4 is 151 Å². The summed E-state index contributed by atoms with van der Waals surface area (Å²) in [6, 6.07) is 11.5. The average molecular weight is 1510 g/mol. The van der Waals surface area contributed by atoms with E-state index in [-0.39, 0.29) is 284 Å². The largest absolute Gasteiger partial charge is 1.00 e. The predicted molar refractivity (Wildman–Crippen MR) is 267 cm³/mol. The van der Waals surface area contributed by atoms with E-state index in [1.54, 1.807) is 0 Å². The maximum Gasteiger partial charge on any atom is 1.00 e. The van der Waals surface area contributed by atoms with E-state index in [2.05, 4.69) is 54.7 Å². The Morgan fingerprint density at radius 1 is 0.326 bits per heavy atom. The van der Waals surface area contributed by atoms with Gasteiger partial charge in [0.1, 0.15) is 50.6 Å². The maximum atomic E-state index is 13.9. The third-order valence-electron chi connectivity index (χ3n) is 10.1. The van der Waals surface area contributed by atoms with E-state index in [1.807, 2.05) is 5.32 Å². The van der Waals surface area contributed by atoms with Crippen molar-refractivity contribution in [3.05, 3.63) is 131 Å². The van der Waals surface area contributed by atoms with Gasteiger partial charge in [-0.3, -0.25) is 34.3 Å². The number of rotatable bonds is 24. The van der Waals surface area contributed by atoms with Crippen molar-refractivity contribution < 1.29 is 369 Å². The number of hydrogen-bond donors (Lipinski definition) is 6. The Bertz CT molecular complexity index is 4250. The van der Waals surface area contributed by atoms with Crippen molar-refractivity contribution in [2.75, 3.05) is 31.9 Å². The van der Waals surface area contributed by atoms with Crippen LogP contribution in [0.5, 0.6) is 0 Å². The number of anilines is 6. The predicted octanol–water partition coefficient (Wildman–Crippen LogP) is -23.4. The summed E-state index contributed by atoms with van der Waals surface area (Å²) in [7, 11) is -26.9. The summed E-state index contributed by atoms with van der Waals surface area (Å²) in [4.78, 5) is 62.8. The molecule has 0 saturated carbocycles. The van der Waals surface area contributed by atoms with Gasteiger partial charge >= 0.3 is 242 Å². The van der Waals surface area contributed by atoms with Gasteiger partial charge in [-0.15, -0.1) is 0 Å². The molecule has 6 N–H and O–H groups in total. The average Bonchev–Trinajstić information content (AvgIpc) is 0.900. The van der Waals surface area contributed by atoms with Crippen LogP contribution in [0, 0.1) is 0 Å². The monoisotopic (exact) mass is 1500 g/mol. The topological polar surface area (TPSA) is 568 Å². The van der Waals surface area contributed by atoms with Crippen LogP contribution in [0.3, 0.4) is 0 Å². The number of amides is 6. The number of carbonyl (C=O) groups excluding carboxylic acids is 5. The molecular formula is C41H24N6Na8O29S8. The van der Waals surface area contributed by atoms with Crippen molar-refractivity contribution in [3.63, 3.8) is 0 Å². The quantitative estimate of drug-likeness (QED) is 0.0108. The van der Waals surface area contributed by atoms with Gasteiger partial charge in [0.25, 0.3) is 23.6 Å². The van der Waals surface area contributed by atoms with E-state index in [9.17, 15) is 105 Å². The molecule has 0 spiro atoms. The van der Waals surface area contributed by atoms with Gasteiger partial charge in [0.05, 0.1) is 93.1 Å². The molecule has 35 nitrogen and oxygen atoms in total. The van der Waals surface area contributed by atoms with Crippen LogP contribution in [0.1, 0.15) is 41.4 Å². The summed E-state index contributed by atoms with van der Waals surface area (Å²) in [5.74, 6) is -5.34. The first kappa shape index (κ1) is 96.9. The molecule has 0 fully saturated rings. The molecule has 0 saturated heterocycles. The molecule has 6 aromatic rings. The first-order chi connectivity index (χ1) is 39.2. The third-order valence-corrected chi connectivity index (χ3v) is 16.2. The molecule has 448 valence electrons. The maximum absolute atomic E-state index is 13.9. The van der Waals surface area contributed by atoms with Gasteiger partial charge in [-0.25, -0.2) is 46.9 Å². The summed E-state index contributed by atoms with van der Waals surface area (Å²) >= 11 is 0.137.